The van der Waals surface area contributed by atoms with Gasteiger partial charge < -0.3 is 9.80 Å². The molecule has 2 aliphatic heterocycles. The highest BCUT2D eigenvalue weighted by atomic mass is 79.9. The fourth-order valence-electron chi connectivity index (χ4n) is 2.21. The van der Waals surface area contributed by atoms with Gasteiger partial charge in [0.15, 0.2) is 0 Å². The van der Waals surface area contributed by atoms with Gasteiger partial charge in [-0.05, 0) is 19.1 Å². The number of anilines is 2. The van der Waals surface area contributed by atoms with Gasteiger partial charge in [0.25, 0.3) is 0 Å². The molecule has 1 aromatic rings. The predicted molar refractivity (Wildman–Crippen MR) is 69.4 cm³/mol. The topological polar surface area (TPSA) is 18.8 Å². The highest BCUT2D eigenvalue weighted by Gasteiger charge is 2.34. The quantitative estimate of drug-likeness (QED) is 0.719. The average Bonchev–Trinajstić information content (AvgIpc) is 2.68. The van der Waals surface area contributed by atoms with Crippen molar-refractivity contribution in [1.29, 1.82) is 0 Å². The Labute approximate surface area is 100 Å². The van der Waals surface area contributed by atoms with Crippen molar-refractivity contribution in [3.63, 3.8) is 0 Å². The van der Waals surface area contributed by atoms with E-state index in [1.54, 1.807) is 0 Å². The van der Waals surface area contributed by atoms with E-state index < -0.39 is 0 Å². The molecule has 15 heavy (non-hydrogen) atoms. The van der Waals surface area contributed by atoms with Crippen molar-refractivity contribution in [2.45, 2.75) is 13.0 Å². The van der Waals surface area contributed by atoms with Crippen molar-refractivity contribution in [1.82, 2.24) is 0 Å². The number of benzene rings is 1. The van der Waals surface area contributed by atoms with Crippen molar-refractivity contribution < 1.29 is 0 Å². The molecule has 0 spiro atoms. The summed E-state index contributed by atoms with van der Waals surface area (Å²) in [7, 11) is 2.08. The summed E-state index contributed by atoms with van der Waals surface area (Å²) in [6.45, 7) is 3.17. The summed E-state index contributed by atoms with van der Waals surface area (Å²) in [6, 6.07) is 8.87. The van der Waals surface area contributed by atoms with Crippen molar-refractivity contribution in [3.8, 4) is 0 Å². The lowest BCUT2D eigenvalue weighted by atomic mass is 10.2. The number of nitrogens with zero attached hydrogens (tertiary/aromatic N) is 3. The summed E-state index contributed by atoms with van der Waals surface area (Å²) in [6.07, 6.45) is 0. The molecule has 3 rings (SSSR count). The Kier molecular flexibility index (Phi) is 2.46. The average molecular weight is 268 g/mol. The predicted octanol–water partition coefficient (Wildman–Crippen LogP) is 2.28. The second kappa shape index (κ2) is 3.52. The first-order chi connectivity index (χ1) is 6.77. The van der Waals surface area contributed by atoms with Crippen molar-refractivity contribution in [2.75, 3.05) is 23.4 Å². The Balaban J connectivity index is 0.000000853. The smallest absolute Gasteiger partial charge is 0.206 e. The molecule has 2 aliphatic rings. The highest BCUT2D eigenvalue weighted by Crippen LogP contribution is 2.38. The van der Waals surface area contributed by atoms with E-state index in [9.17, 15) is 0 Å². The van der Waals surface area contributed by atoms with Crippen molar-refractivity contribution >= 4 is 34.3 Å². The molecule has 0 aliphatic carbocycles. The van der Waals surface area contributed by atoms with E-state index >= 15 is 0 Å². The largest absolute Gasteiger partial charge is 0.313 e. The van der Waals surface area contributed by atoms with Crippen LogP contribution in [0.25, 0.3) is 0 Å². The molecule has 0 N–H and O–H groups in total. The van der Waals surface area contributed by atoms with Gasteiger partial charge in [0.1, 0.15) is 0 Å². The number of fused-ring (bicyclic) bond motifs is 3. The fraction of sp³-hybridized carbons (Fsp3) is 0.364. The Morgan fingerprint density at radius 3 is 2.67 bits per heavy atom. The van der Waals surface area contributed by atoms with E-state index in [0.717, 1.165) is 12.5 Å². The van der Waals surface area contributed by atoms with Crippen molar-refractivity contribution in [2.24, 2.45) is 4.99 Å². The molecule has 1 atom stereocenters. The van der Waals surface area contributed by atoms with E-state index in [2.05, 4.69) is 53.0 Å². The summed E-state index contributed by atoms with van der Waals surface area (Å²) >= 11 is 0. The number of hydrogen-bond acceptors (Lipinski definition) is 3. The molecular weight excluding hydrogens is 254 g/mol. The molecule has 0 radical (unpaired) electrons. The third kappa shape index (κ3) is 1.35. The maximum absolute atomic E-state index is 4.61. The minimum absolute atomic E-state index is 0. The Bertz CT molecular complexity index is 416. The monoisotopic (exact) mass is 267 g/mol. The van der Waals surface area contributed by atoms with E-state index in [-0.39, 0.29) is 17.0 Å². The molecular formula is C11H14BrN3. The number of guanidine groups is 1. The third-order valence-corrected chi connectivity index (χ3v) is 2.86. The molecule has 1 unspecified atom stereocenters. The fourth-order valence-corrected chi connectivity index (χ4v) is 2.21. The Hall–Kier alpha value is -1.03. The molecule has 0 saturated carbocycles. The number of para-hydroxylation sites is 2. The van der Waals surface area contributed by atoms with Crippen LogP contribution in [0.5, 0.6) is 0 Å². The summed E-state index contributed by atoms with van der Waals surface area (Å²) in [5.74, 6) is 1.10. The van der Waals surface area contributed by atoms with Crippen LogP contribution in [0.1, 0.15) is 6.92 Å². The van der Waals surface area contributed by atoms with Gasteiger partial charge in [-0.1, -0.05) is 12.1 Å². The van der Waals surface area contributed by atoms with E-state index in [0.29, 0.717) is 6.04 Å². The van der Waals surface area contributed by atoms with Gasteiger partial charge in [-0.2, -0.15) is 0 Å². The normalized spacial score (nSPS) is 22.0. The molecule has 1 aromatic carbocycles. The standard InChI is InChI=1S/C11H13N3.BrH/c1-8-7-14-10-6-4-3-5-9(10)13(2)11(14)12-8;/h3-6,8H,7H2,1-2H3;1H. The molecule has 0 bridgehead atoms. The number of aliphatic imine (C=N–C) groups is 1. The maximum atomic E-state index is 4.61. The van der Waals surface area contributed by atoms with Gasteiger partial charge in [-0.25, -0.2) is 4.99 Å². The highest BCUT2D eigenvalue weighted by molar-refractivity contribution is 8.93. The number of rotatable bonds is 0. The van der Waals surface area contributed by atoms with Crippen LogP contribution >= 0.6 is 17.0 Å². The van der Waals surface area contributed by atoms with Crippen LogP contribution in [0.3, 0.4) is 0 Å². The molecule has 0 aromatic heterocycles. The lowest BCUT2D eigenvalue weighted by Gasteiger charge is -2.13. The zero-order valence-corrected chi connectivity index (χ0v) is 10.6. The summed E-state index contributed by atoms with van der Waals surface area (Å²) in [5.41, 5.74) is 2.55. The molecule has 4 heteroatoms. The Morgan fingerprint density at radius 1 is 1.27 bits per heavy atom. The maximum Gasteiger partial charge on any atom is 0.206 e. The van der Waals surface area contributed by atoms with Crippen LogP contribution in [0.2, 0.25) is 0 Å². The lowest BCUT2D eigenvalue weighted by molar-refractivity contribution is 0.795. The van der Waals surface area contributed by atoms with Gasteiger partial charge >= 0.3 is 0 Å². The van der Waals surface area contributed by atoms with E-state index in [1.807, 2.05) is 0 Å². The van der Waals surface area contributed by atoms with Gasteiger partial charge in [-0.15, -0.1) is 17.0 Å². The van der Waals surface area contributed by atoms with Crippen LogP contribution in [-0.2, 0) is 0 Å². The number of hydrogen-bond donors (Lipinski definition) is 0. The minimum Gasteiger partial charge on any atom is -0.313 e. The first kappa shape index (κ1) is 10.5. The van der Waals surface area contributed by atoms with Gasteiger partial charge in [0.2, 0.25) is 5.96 Å². The second-order valence-electron chi connectivity index (χ2n) is 3.94. The van der Waals surface area contributed by atoms with E-state index in [1.165, 1.54) is 11.4 Å². The summed E-state index contributed by atoms with van der Waals surface area (Å²) in [4.78, 5) is 9.07. The SMILES string of the molecule is Br.CC1CN2C(=N1)N(C)c1ccccc12. The molecule has 2 heterocycles. The van der Waals surface area contributed by atoms with Crippen LogP contribution in [0.4, 0.5) is 11.4 Å². The first-order valence-electron chi connectivity index (χ1n) is 4.95. The molecule has 0 amide bonds. The summed E-state index contributed by atoms with van der Waals surface area (Å²) in [5, 5.41) is 0. The first-order valence-corrected chi connectivity index (χ1v) is 4.95. The second-order valence-corrected chi connectivity index (χ2v) is 3.94. The van der Waals surface area contributed by atoms with Crippen LogP contribution in [0.15, 0.2) is 29.3 Å². The summed E-state index contributed by atoms with van der Waals surface area (Å²) < 4.78 is 0. The van der Waals surface area contributed by atoms with E-state index in [4.69, 9.17) is 0 Å². The van der Waals surface area contributed by atoms with Gasteiger partial charge in [0.05, 0.1) is 17.4 Å². The van der Waals surface area contributed by atoms with Crippen LogP contribution in [0, 0.1) is 0 Å². The molecule has 3 nitrogen and oxygen atoms in total. The van der Waals surface area contributed by atoms with Crippen molar-refractivity contribution in [3.05, 3.63) is 24.3 Å². The lowest BCUT2D eigenvalue weighted by Crippen LogP contribution is -2.32. The zero-order chi connectivity index (χ0) is 9.71. The van der Waals surface area contributed by atoms with Gasteiger partial charge in [0, 0.05) is 13.6 Å². The molecule has 0 fully saturated rings. The third-order valence-electron chi connectivity index (χ3n) is 2.86. The zero-order valence-electron chi connectivity index (χ0n) is 8.84. The van der Waals surface area contributed by atoms with Crippen LogP contribution < -0.4 is 9.80 Å². The minimum atomic E-state index is 0. The van der Waals surface area contributed by atoms with Crippen LogP contribution in [-0.4, -0.2) is 25.6 Å². The molecule has 80 valence electrons. The number of halogens is 1. The molecule has 0 saturated heterocycles. The van der Waals surface area contributed by atoms with Gasteiger partial charge in [-0.3, -0.25) is 0 Å². The Morgan fingerprint density at radius 2 is 1.93 bits per heavy atom.